The molecule has 1 saturated heterocycles. The lowest BCUT2D eigenvalue weighted by Gasteiger charge is -2.43. The Morgan fingerprint density at radius 2 is 1.72 bits per heavy atom. The van der Waals surface area contributed by atoms with Crippen LogP contribution in [-0.2, 0) is 33.2 Å². The van der Waals surface area contributed by atoms with Gasteiger partial charge in [-0.25, -0.2) is 19.4 Å². The predicted molar refractivity (Wildman–Crippen MR) is 177 cm³/mol. The minimum absolute atomic E-state index is 0.0581. The van der Waals surface area contributed by atoms with Gasteiger partial charge in [0.25, 0.3) is 11.8 Å². The zero-order valence-corrected chi connectivity index (χ0v) is 29.4. The molecule has 3 heterocycles. The van der Waals surface area contributed by atoms with Crippen molar-refractivity contribution < 1.29 is 59.3 Å². The Morgan fingerprint density at radius 1 is 1.04 bits per heavy atom. The Hall–Kier alpha value is -4.88. The van der Waals surface area contributed by atoms with Crippen LogP contribution in [-0.4, -0.2) is 94.4 Å². The standard InChI is InChI=1S/C35H36F8N6O5/c1-18(2)29-30(50)25(32(51)46-23-7-6-21(34(38,39)40)15-22(23)28-19(3)31(35(41,42)43)45-17-44-28)33(52)49(47(29)4)16-20-5-8-24(27(37)26(20)36)54-14-11-48-9-12-53-13-10-48/h5-8,15,17-18,29,50H,9-14,16H2,1-4H3,(H,46,51)/t29-/m0/s1. The van der Waals surface area contributed by atoms with Crippen molar-refractivity contribution in [3.63, 3.8) is 0 Å². The Balaban J connectivity index is 1.46. The van der Waals surface area contributed by atoms with E-state index in [1.807, 2.05) is 4.90 Å². The van der Waals surface area contributed by atoms with E-state index in [1.165, 1.54) is 24.2 Å². The molecule has 2 amide bonds. The molecule has 1 fully saturated rings. The monoisotopic (exact) mass is 772 g/mol. The topological polar surface area (TPSA) is 120 Å². The molecular weight excluding hydrogens is 736 g/mol. The van der Waals surface area contributed by atoms with Gasteiger partial charge < -0.3 is 19.9 Å². The molecule has 19 heteroatoms. The van der Waals surface area contributed by atoms with E-state index in [2.05, 4.69) is 15.3 Å². The molecule has 2 aromatic carbocycles. The number of ether oxygens (including phenoxy) is 2. The molecule has 2 aliphatic rings. The lowest BCUT2D eigenvalue weighted by molar-refractivity contribution is -0.155. The molecule has 0 radical (unpaired) electrons. The molecule has 2 aliphatic heterocycles. The second-order valence-electron chi connectivity index (χ2n) is 12.9. The molecule has 1 atom stereocenters. The van der Waals surface area contributed by atoms with Crippen LogP contribution >= 0.6 is 0 Å². The Kier molecular flexibility index (Phi) is 11.8. The average molecular weight is 773 g/mol. The zero-order valence-electron chi connectivity index (χ0n) is 29.4. The van der Waals surface area contributed by atoms with E-state index in [1.54, 1.807) is 13.8 Å². The van der Waals surface area contributed by atoms with Gasteiger partial charge in [-0.3, -0.25) is 19.5 Å². The third kappa shape index (κ3) is 8.42. The van der Waals surface area contributed by atoms with Crippen LogP contribution in [0.3, 0.4) is 0 Å². The van der Waals surface area contributed by atoms with Gasteiger partial charge >= 0.3 is 12.4 Å². The van der Waals surface area contributed by atoms with Crippen LogP contribution < -0.4 is 10.1 Å². The Bertz CT molecular complexity index is 1930. The summed E-state index contributed by atoms with van der Waals surface area (Å²) in [5.41, 5.74) is -6.25. The summed E-state index contributed by atoms with van der Waals surface area (Å²) in [5, 5.41) is 15.6. The maximum atomic E-state index is 15.4. The largest absolute Gasteiger partial charge is 0.510 e. The molecule has 1 aromatic heterocycles. The summed E-state index contributed by atoms with van der Waals surface area (Å²) in [6.45, 7) is 6.48. The number of carbonyl (C=O) groups is 2. The number of morpholine rings is 1. The van der Waals surface area contributed by atoms with E-state index in [9.17, 15) is 41.0 Å². The van der Waals surface area contributed by atoms with Crippen LogP contribution in [0.1, 0.15) is 36.2 Å². The van der Waals surface area contributed by atoms with E-state index in [4.69, 9.17) is 9.47 Å². The molecule has 0 spiro atoms. The van der Waals surface area contributed by atoms with Crippen LogP contribution in [0.15, 0.2) is 48.0 Å². The maximum Gasteiger partial charge on any atom is 0.433 e. The molecule has 5 rings (SSSR count). The molecule has 54 heavy (non-hydrogen) atoms. The highest BCUT2D eigenvalue weighted by molar-refractivity contribution is 6.24. The third-order valence-corrected chi connectivity index (χ3v) is 9.05. The van der Waals surface area contributed by atoms with Crippen LogP contribution in [0, 0.1) is 24.5 Å². The van der Waals surface area contributed by atoms with E-state index >= 15 is 8.78 Å². The van der Waals surface area contributed by atoms with Gasteiger partial charge in [-0.2, -0.15) is 30.7 Å². The van der Waals surface area contributed by atoms with Crippen molar-refractivity contribution in [1.82, 2.24) is 24.9 Å². The van der Waals surface area contributed by atoms with E-state index in [0.29, 0.717) is 51.3 Å². The van der Waals surface area contributed by atoms with Crippen molar-refractivity contribution in [2.45, 2.75) is 45.7 Å². The quantitative estimate of drug-likeness (QED) is 0.185. The van der Waals surface area contributed by atoms with E-state index in [0.717, 1.165) is 18.0 Å². The van der Waals surface area contributed by atoms with Crippen LogP contribution in [0.5, 0.6) is 5.75 Å². The number of benzene rings is 2. The van der Waals surface area contributed by atoms with Gasteiger partial charge in [0.1, 0.15) is 24.3 Å². The number of hydrogen-bond donors (Lipinski definition) is 2. The number of aliphatic hydroxyl groups is 1. The summed E-state index contributed by atoms with van der Waals surface area (Å²) in [4.78, 5) is 36.7. The number of aliphatic hydroxyl groups excluding tert-OH is 1. The second-order valence-corrected chi connectivity index (χ2v) is 12.9. The van der Waals surface area contributed by atoms with Gasteiger partial charge in [-0.1, -0.05) is 19.9 Å². The fraction of sp³-hybridized carbons (Fsp3) is 0.429. The maximum absolute atomic E-state index is 15.4. The highest BCUT2D eigenvalue weighted by atomic mass is 19.4. The number of likely N-dealkylation sites (N-methyl/N-ethyl adjacent to an activating group) is 1. The van der Waals surface area contributed by atoms with Crippen LogP contribution in [0.25, 0.3) is 11.3 Å². The number of aromatic nitrogens is 2. The number of halogens is 8. The summed E-state index contributed by atoms with van der Waals surface area (Å²) in [6.07, 6.45) is -9.45. The summed E-state index contributed by atoms with van der Waals surface area (Å²) in [7, 11) is 1.37. The van der Waals surface area contributed by atoms with Crippen molar-refractivity contribution in [2.24, 2.45) is 5.92 Å². The molecule has 0 aliphatic carbocycles. The first-order valence-electron chi connectivity index (χ1n) is 16.6. The SMILES string of the molecule is Cc1c(-c2cc(C(F)(F)F)ccc2NC(=O)C2=C(O)[C@H](C(C)C)N(C)N(Cc3ccc(OCCN4CCOCC4)c(F)c3F)C2=O)ncnc1C(F)(F)F. The van der Waals surface area contributed by atoms with Gasteiger partial charge in [-0.15, -0.1) is 0 Å². The smallest absolute Gasteiger partial charge is 0.433 e. The molecule has 0 bridgehead atoms. The number of nitrogens with zero attached hydrogens (tertiary/aromatic N) is 5. The first-order valence-corrected chi connectivity index (χ1v) is 16.6. The lowest BCUT2D eigenvalue weighted by atomic mass is 9.95. The number of anilines is 1. The van der Waals surface area contributed by atoms with Gasteiger partial charge in [0, 0.05) is 43.4 Å². The molecular formula is C35H36F8N6O5. The summed E-state index contributed by atoms with van der Waals surface area (Å²) in [5.74, 6) is -6.81. The van der Waals surface area contributed by atoms with Crippen LogP contribution in [0.2, 0.25) is 0 Å². The number of nitrogens with one attached hydrogen (secondary N) is 1. The highest BCUT2D eigenvalue weighted by Crippen LogP contribution is 2.40. The first-order chi connectivity index (χ1) is 25.3. The zero-order chi connectivity index (χ0) is 39.7. The van der Waals surface area contributed by atoms with Gasteiger partial charge in [-0.05, 0) is 37.1 Å². The minimum atomic E-state index is -5.00. The molecule has 0 saturated carbocycles. The molecule has 3 aromatic rings. The predicted octanol–water partition coefficient (Wildman–Crippen LogP) is 6.14. The fourth-order valence-corrected chi connectivity index (χ4v) is 6.29. The third-order valence-electron chi connectivity index (χ3n) is 9.05. The molecule has 292 valence electrons. The Labute approximate surface area is 304 Å². The fourth-order valence-electron chi connectivity index (χ4n) is 6.29. The first kappa shape index (κ1) is 40.3. The number of alkyl halides is 6. The van der Waals surface area contributed by atoms with Crippen molar-refractivity contribution in [3.05, 3.63) is 82.0 Å². The van der Waals surface area contributed by atoms with Crippen molar-refractivity contribution >= 4 is 17.5 Å². The normalized spacial score (nSPS) is 17.8. The van der Waals surface area contributed by atoms with E-state index in [-0.39, 0.29) is 17.9 Å². The number of carbonyl (C=O) groups excluding carboxylic acids is 2. The van der Waals surface area contributed by atoms with Crippen LogP contribution in [0.4, 0.5) is 40.8 Å². The number of hydrazine groups is 1. The summed E-state index contributed by atoms with van der Waals surface area (Å²) >= 11 is 0. The average Bonchev–Trinajstić information content (AvgIpc) is 3.09. The van der Waals surface area contributed by atoms with Crippen molar-refractivity contribution in [3.8, 4) is 17.0 Å². The number of amides is 2. The Morgan fingerprint density at radius 3 is 2.35 bits per heavy atom. The van der Waals surface area contributed by atoms with Gasteiger partial charge in [0.05, 0.1) is 42.7 Å². The van der Waals surface area contributed by atoms with Crippen molar-refractivity contribution in [1.29, 1.82) is 0 Å². The molecule has 11 nitrogen and oxygen atoms in total. The number of rotatable bonds is 10. The number of hydrogen-bond acceptors (Lipinski definition) is 9. The molecule has 2 N–H and O–H groups in total. The van der Waals surface area contributed by atoms with Crippen molar-refractivity contribution in [2.75, 3.05) is 51.8 Å². The minimum Gasteiger partial charge on any atom is -0.510 e. The van der Waals surface area contributed by atoms with E-state index < -0.39 is 99.4 Å². The van der Waals surface area contributed by atoms with Gasteiger partial charge in [0.15, 0.2) is 17.3 Å². The summed E-state index contributed by atoms with van der Waals surface area (Å²) in [6, 6.07) is 3.09. The summed E-state index contributed by atoms with van der Waals surface area (Å²) < 4.78 is 124. The van der Waals surface area contributed by atoms with Gasteiger partial charge in [0.2, 0.25) is 5.82 Å². The lowest BCUT2D eigenvalue weighted by Crippen LogP contribution is -2.57. The second kappa shape index (κ2) is 15.8. The molecule has 0 unspecified atom stereocenters. The highest BCUT2D eigenvalue weighted by Gasteiger charge is 2.43.